The first kappa shape index (κ1) is 31.1. The Kier molecular flexibility index (Phi) is 11.5. The fourth-order valence-corrected chi connectivity index (χ4v) is 5.25. The monoisotopic (exact) mass is 552 g/mol. The van der Waals surface area contributed by atoms with Gasteiger partial charge in [0.25, 0.3) is 5.91 Å². The number of hydrogen-bond donors (Lipinski definition) is 1. The predicted octanol–water partition coefficient (Wildman–Crippen LogP) is 5.78. The zero-order valence-electron chi connectivity index (χ0n) is 24.6. The Morgan fingerprint density at radius 1 is 1.10 bits per heavy atom. The molecule has 1 aliphatic heterocycles. The van der Waals surface area contributed by atoms with E-state index in [0.29, 0.717) is 18.3 Å². The van der Waals surface area contributed by atoms with Crippen molar-refractivity contribution in [1.29, 1.82) is 0 Å². The lowest BCUT2D eigenvalue weighted by atomic mass is 9.77. The van der Waals surface area contributed by atoms with Gasteiger partial charge in [0.05, 0.1) is 13.0 Å². The summed E-state index contributed by atoms with van der Waals surface area (Å²) in [5, 5.41) is 2.80. The number of carbonyl (C=O) groups excluding carboxylic acids is 3. The van der Waals surface area contributed by atoms with Crippen molar-refractivity contribution in [2.45, 2.75) is 85.3 Å². The summed E-state index contributed by atoms with van der Waals surface area (Å²) in [5.41, 5.74) is 1.16. The predicted molar refractivity (Wildman–Crippen MR) is 153 cm³/mol. The molecule has 8 heteroatoms. The first-order valence-corrected chi connectivity index (χ1v) is 14.4. The third-order valence-electron chi connectivity index (χ3n) is 7.56. The minimum Gasteiger partial charge on any atom is -0.493 e. The maximum atomic E-state index is 13.4. The van der Waals surface area contributed by atoms with Gasteiger partial charge in [0, 0.05) is 12.3 Å². The van der Waals surface area contributed by atoms with Crippen LogP contribution in [0.15, 0.2) is 42.6 Å². The fourth-order valence-electron chi connectivity index (χ4n) is 5.25. The van der Waals surface area contributed by atoms with Crippen LogP contribution in [0.4, 0.5) is 0 Å². The second kappa shape index (κ2) is 14.8. The maximum absolute atomic E-state index is 13.4. The van der Waals surface area contributed by atoms with Crippen LogP contribution in [0.1, 0.15) is 82.8 Å². The summed E-state index contributed by atoms with van der Waals surface area (Å²) in [6.45, 7) is 9.78. The zero-order valence-corrected chi connectivity index (χ0v) is 24.6. The average molecular weight is 553 g/mol. The standard InChI is InChI=1S/C32H44N2O6/c1-20(2)15-16-25-22(5)39-32(37)26(14-10-13-24(25)19-23-11-8-7-9-12-23)34-30(35)28-29(40-31(36)21(3)4)27(38-6)17-18-33-28/h7-9,11-12,17-18,20-22,24-26H,10,13-16,19H2,1-6H3,(H,34,35). The average Bonchev–Trinajstić information content (AvgIpc) is 2.96. The van der Waals surface area contributed by atoms with Gasteiger partial charge in [-0.25, -0.2) is 9.78 Å². The molecular weight excluding hydrogens is 508 g/mol. The van der Waals surface area contributed by atoms with E-state index < -0.39 is 29.8 Å². The number of aromatic nitrogens is 1. The van der Waals surface area contributed by atoms with E-state index in [1.54, 1.807) is 13.8 Å². The number of benzene rings is 1. The lowest BCUT2D eigenvalue weighted by Crippen LogP contribution is -2.43. The van der Waals surface area contributed by atoms with E-state index >= 15 is 0 Å². The lowest BCUT2D eigenvalue weighted by Gasteiger charge is -2.32. The SMILES string of the molecule is COc1ccnc(C(=O)NC2CCCC(Cc3ccccc3)C(CCC(C)C)C(C)OC2=O)c1OC(=O)C(C)C. The maximum Gasteiger partial charge on any atom is 0.328 e. The number of pyridine rings is 1. The van der Waals surface area contributed by atoms with Crippen LogP contribution >= 0.6 is 0 Å². The summed E-state index contributed by atoms with van der Waals surface area (Å²) < 4.78 is 16.8. The summed E-state index contributed by atoms with van der Waals surface area (Å²) in [6.07, 6.45) is 6.15. The molecule has 1 N–H and O–H groups in total. The highest BCUT2D eigenvalue weighted by atomic mass is 16.6. The number of carbonyl (C=O) groups is 3. The van der Waals surface area contributed by atoms with Crippen molar-refractivity contribution in [3.05, 3.63) is 53.9 Å². The molecule has 4 unspecified atom stereocenters. The molecule has 1 aromatic heterocycles. The van der Waals surface area contributed by atoms with E-state index in [-0.39, 0.29) is 29.2 Å². The highest BCUT2D eigenvalue weighted by molar-refractivity contribution is 5.98. The van der Waals surface area contributed by atoms with Gasteiger partial charge >= 0.3 is 11.9 Å². The molecule has 1 aliphatic rings. The summed E-state index contributed by atoms with van der Waals surface area (Å²) in [6, 6.07) is 11.1. The Morgan fingerprint density at radius 3 is 2.48 bits per heavy atom. The van der Waals surface area contributed by atoms with Gasteiger partial charge in [0.2, 0.25) is 5.75 Å². The van der Waals surface area contributed by atoms with Gasteiger partial charge in [-0.3, -0.25) is 9.59 Å². The molecule has 40 heavy (non-hydrogen) atoms. The van der Waals surface area contributed by atoms with Crippen LogP contribution in [0.2, 0.25) is 0 Å². The molecule has 2 aromatic rings. The van der Waals surface area contributed by atoms with E-state index in [9.17, 15) is 14.4 Å². The summed E-state index contributed by atoms with van der Waals surface area (Å²) in [4.78, 5) is 43.2. The molecule has 2 heterocycles. The minimum absolute atomic E-state index is 0.0670. The van der Waals surface area contributed by atoms with Crippen LogP contribution in [0.25, 0.3) is 0 Å². The van der Waals surface area contributed by atoms with Crippen molar-refractivity contribution in [2.24, 2.45) is 23.7 Å². The summed E-state index contributed by atoms with van der Waals surface area (Å²) in [7, 11) is 1.42. The molecule has 0 aliphatic carbocycles. The van der Waals surface area contributed by atoms with Crippen molar-refractivity contribution >= 4 is 17.8 Å². The first-order chi connectivity index (χ1) is 19.1. The van der Waals surface area contributed by atoms with Crippen LogP contribution < -0.4 is 14.8 Å². The smallest absolute Gasteiger partial charge is 0.328 e. The van der Waals surface area contributed by atoms with Gasteiger partial charge in [0.15, 0.2) is 11.4 Å². The molecule has 0 bridgehead atoms. The summed E-state index contributed by atoms with van der Waals surface area (Å²) >= 11 is 0. The summed E-state index contributed by atoms with van der Waals surface area (Å²) in [5.74, 6) is -0.778. The van der Waals surface area contributed by atoms with Gasteiger partial charge in [0.1, 0.15) is 12.1 Å². The molecule has 1 aromatic carbocycles. The van der Waals surface area contributed by atoms with Gasteiger partial charge in [-0.2, -0.15) is 0 Å². The van der Waals surface area contributed by atoms with Gasteiger partial charge in [-0.05, 0) is 55.9 Å². The Morgan fingerprint density at radius 2 is 1.82 bits per heavy atom. The van der Waals surface area contributed by atoms with Crippen LogP contribution in [-0.4, -0.2) is 42.1 Å². The zero-order chi connectivity index (χ0) is 29.2. The van der Waals surface area contributed by atoms with Crippen LogP contribution in [0, 0.1) is 23.7 Å². The van der Waals surface area contributed by atoms with E-state index in [2.05, 4.69) is 48.4 Å². The quantitative estimate of drug-likeness (QED) is 0.373. The molecule has 0 saturated carbocycles. The number of cyclic esters (lactones) is 1. The van der Waals surface area contributed by atoms with Crippen molar-refractivity contribution < 1.29 is 28.6 Å². The number of ether oxygens (including phenoxy) is 3. The minimum atomic E-state index is -0.849. The van der Waals surface area contributed by atoms with Crippen molar-refractivity contribution in [3.63, 3.8) is 0 Å². The second-order valence-corrected chi connectivity index (χ2v) is 11.5. The molecule has 1 saturated heterocycles. The number of hydrogen-bond acceptors (Lipinski definition) is 7. The van der Waals surface area contributed by atoms with E-state index in [4.69, 9.17) is 14.2 Å². The Hall–Kier alpha value is -3.42. The highest BCUT2D eigenvalue weighted by Crippen LogP contribution is 2.34. The largest absolute Gasteiger partial charge is 0.493 e. The van der Waals surface area contributed by atoms with Gasteiger partial charge in [-0.1, -0.05) is 70.9 Å². The van der Waals surface area contributed by atoms with Gasteiger partial charge in [-0.15, -0.1) is 0 Å². The van der Waals surface area contributed by atoms with E-state index in [0.717, 1.165) is 32.1 Å². The molecule has 0 radical (unpaired) electrons. The topological polar surface area (TPSA) is 104 Å². The second-order valence-electron chi connectivity index (χ2n) is 11.5. The number of rotatable bonds is 10. The third-order valence-corrected chi connectivity index (χ3v) is 7.56. The van der Waals surface area contributed by atoms with Crippen LogP contribution in [0.3, 0.4) is 0 Å². The number of methoxy groups -OCH3 is 1. The van der Waals surface area contributed by atoms with Gasteiger partial charge < -0.3 is 19.5 Å². The van der Waals surface area contributed by atoms with Crippen LogP contribution in [-0.2, 0) is 20.7 Å². The third kappa shape index (κ3) is 8.54. The van der Waals surface area contributed by atoms with Crippen LogP contribution in [0.5, 0.6) is 11.5 Å². The molecule has 0 spiro atoms. The molecule has 1 amide bonds. The number of amides is 1. The first-order valence-electron chi connectivity index (χ1n) is 14.4. The molecule has 218 valence electrons. The number of nitrogens with one attached hydrogen (secondary N) is 1. The molecular formula is C32H44N2O6. The number of esters is 2. The van der Waals surface area contributed by atoms with Crippen molar-refractivity contribution in [3.8, 4) is 11.5 Å². The molecule has 1 fully saturated rings. The van der Waals surface area contributed by atoms with Crippen molar-refractivity contribution in [2.75, 3.05) is 7.11 Å². The Bertz CT molecular complexity index is 1130. The van der Waals surface area contributed by atoms with Crippen molar-refractivity contribution in [1.82, 2.24) is 10.3 Å². The molecule has 3 rings (SSSR count). The lowest BCUT2D eigenvalue weighted by molar-refractivity contribution is -0.154. The molecule has 8 nitrogen and oxygen atoms in total. The van der Waals surface area contributed by atoms with E-state index in [1.807, 2.05) is 13.0 Å². The fraction of sp³-hybridized carbons (Fsp3) is 0.562. The Balaban J connectivity index is 1.82. The Labute approximate surface area is 238 Å². The highest BCUT2D eigenvalue weighted by Gasteiger charge is 2.35. The normalized spacial score (nSPS) is 21.6. The number of nitrogens with zero attached hydrogens (tertiary/aromatic N) is 1. The van der Waals surface area contributed by atoms with E-state index in [1.165, 1.54) is 24.9 Å². The molecule has 4 atom stereocenters.